The molecular formula is C18H28ClNO. The van der Waals surface area contributed by atoms with Crippen molar-refractivity contribution in [3.8, 4) is 0 Å². The third-order valence-electron chi connectivity index (χ3n) is 7.04. The molecule has 0 spiro atoms. The van der Waals surface area contributed by atoms with Gasteiger partial charge in [0.15, 0.2) is 0 Å². The van der Waals surface area contributed by atoms with Crippen LogP contribution in [0.1, 0.15) is 64.7 Å². The van der Waals surface area contributed by atoms with Crippen molar-refractivity contribution in [1.82, 2.24) is 5.32 Å². The van der Waals surface area contributed by atoms with Crippen molar-refractivity contribution < 1.29 is 4.79 Å². The molecule has 0 aliphatic heterocycles. The monoisotopic (exact) mass is 309 g/mol. The van der Waals surface area contributed by atoms with E-state index in [2.05, 4.69) is 12.2 Å². The van der Waals surface area contributed by atoms with Crippen LogP contribution in [0.5, 0.6) is 0 Å². The molecule has 2 atom stereocenters. The second kappa shape index (κ2) is 4.63. The van der Waals surface area contributed by atoms with Crippen LogP contribution in [0.2, 0.25) is 0 Å². The van der Waals surface area contributed by atoms with Gasteiger partial charge < -0.3 is 5.32 Å². The second-order valence-electron chi connectivity index (χ2n) is 9.17. The summed E-state index contributed by atoms with van der Waals surface area (Å²) in [6, 6.07) is 0. The smallest absolute Gasteiger partial charge is 0.226 e. The summed E-state index contributed by atoms with van der Waals surface area (Å²) in [6.07, 6.45) is 11.1. The maximum absolute atomic E-state index is 13.0. The third kappa shape index (κ3) is 2.42. The number of hydrogen-bond donors (Lipinski definition) is 1. The molecule has 0 saturated heterocycles. The largest absolute Gasteiger partial charge is 0.355 e. The minimum Gasteiger partial charge on any atom is -0.355 e. The molecule has 1 amide bonds. The van der Waals surface area contributed by atoms with E-state index in [0.29, 0.717) is 16.7 Å². The number of carbonyl (C=O) groups is 1. The SMILES string of the molecule is CC12CC3CC(C1)CC(C(=O)NCC1(CCCl)CC1)(C3)C2. The Balaban J connectivity index is 1.44. The fraction of sp³-hybridized carbons (Fsp3) is 0.944. The first kappa shape index (κ1) is 14.4. The Labute approximate surface area is 133 Å². The predicted octanol–water partition coefficient (Wildman–Crippen LogP) is 4.12. The predicted molar refractivity (Wildman–Crippen MR) is 85.2 cm³/mol. The van der Waals surface area contributed by atoms with Gasteiger partial charge in [-0.25, -0.2) is 0 Å². The molecule has 5 fully saturated rings. The van der Waals surface area contributed by atoms with Crippen molar-refractivity contribution in [3.63, 3.8) is 0 Å². The number of alkyl halides is 1. The lowest BCUT2D eigenvalue weighted by atomic mass is 9.44. The third-order valence-corrected chi connectivity index (χ3v) is 7.23. The summed E-state index contributed by atoms with van der Waals surface area (Å²) in [5.74, 6) is 2.74. The normalized spacial score (nSPS) is 45.6. The first-order valence-corrected chi connectivity index (χ1v) is 9.34. The number of rotatable bonds is 5. The summed E-state index contributed by atoms with van der Waals surface area (Å²) in [5, 5.41) is 3.35. The standard InChI is InChI=1S/C18H28ClNO/c1-16-7-13-6-14(8-16)10-18(9-13,11-16)15(21)20-12-17(2-3-17)4-5-19/h13-14H,2-12H2,1H3,(H,20,21). The van der Waals surface area contributed by atoms with E-state index in [9.17, 15) is 4.79 Å². The molecule has 2 nitrogen and oxygen atoms in total. The highest BCUT2D eigenvalue weighted by Crippen LogP contribution is 2.65. The van der Waals surface area contributed by atoms with Gasteiger partial charge in [0.05, 0.1) is 5.41 Å². The molecule has 5 rings (SSSR count). The van der Waals surface area contributed by atoms with Crippen LogP contribution in [-0.4, -0.2) is 18.3 Å². The molecule has 5 aliphatic rings. The molecule has 4 bridgehead atoms. The Morgan fingerprint density at radius 3 is 2.38 bits per heavy atom. The van der Waals surface area contributed by atoms with E-state index in [1.165, 1.54) is 32.1 Å². The maximum Gasteiger partial charge on any atom is 0.226 e. The summed E-state index contributed by atoms with van der Waals surface area (Å²) in [7, 11) is 0. The van der Waals surface area contributed by atoms with Crippen molar-refractivity contribution in [2.75, 3.05) is 12.4 Å². The number of halogens is 1. The minimum atomic E-state index is -0.0180. The fourth-order valence-corrected chi connectivity index (χ4v) is 6.73. The number of nitrogens with one attached hydrogen (secondary N) is 1. The molecular weight excluding hydrogens is 282 g/mol. The molecule has 5 saturated carbocycles. The number of amides is 1. The van der Waals surface area contributed by atoms with E-state index in [1.807, 2.05) is 0 Å². The van der Waals surface area contributed by atoms with Gasteiger partial charge in [0, 0.05) is 12.4 Å². The molecule has 118 valence electrons. The summed E-state index contributed by atoms with van der Waals surface area (Å²) in [4.78, 5) is 13.0. The van der Waals surface area contributed by atoms with Crippen molar-refractivity contribution in [2.45, 2.75) is 64.7 Å². The first-order valence-electron chi connectivity index (χ1n) is 8.81. The van der Waals surface area contributed by atoms with Gasteiger partial charge in [-0.2, -0.15) is 0 Å². The molecule has 0 aromatic rings. The van der Waals surface area contributed by atoms with E-state index in [0.717, 1.165) is 49.9 Å². The summed E-state index contributed by atoms with van der Waals surface area (Å²) < 4.78 is 0. The Bertz CT molecular complexity index is 442. The van der Waals surface area contributed by atoms with Crippen LogP contribution < -0.4 is 5.32 Å². The fourth-order valence-electron chi connectivity index (χ4n) is 6.33. The van der Waals surface area contributed by atoms with Crippen molar-refractivity contribution >= 4 is 17.5 Å². The van der Waals surface area contributed by atoms with Crippen LogP contribution in [0.4, 0.5) is 0 Å². The number of carbonyl (C=O) groups excluding carboxylic acids is 1. The Morgan fingerprint density at radius 1 is 1.19 bits per heavy atom. The molecule has 1 N–H and O–H groups in total. The highest BCUT2D eigenvalue weighted by atomic mass is 35.5. The molecule has 0 aromatic carbocycles. The van der Waals surface area contributed by atoms with E-state index >= 15 is 0 Å². The zero-order valence-electron chi connectivity index (χ0n) is 13.2. The van der Waals surface area contributed by atoms with Crippen molar-refractivity contribution in [1.29, 1.82) is 0 Å². The van der Waals surface area contributed by atoms with Crippen LogP contribution in [0, 0.1) is 28.1 Å². The van der Waals surface area contributed by atoms with E-state index in [-0.39, 0.29) is 5.41 Å². The van der Waals surface area contributed by atoms with Gasteiger partial charge in [-0.05, 0) is 80.5 Å². The molecule has 0 heterocycles. The molecule has 0 aromatic heterocycles. The average Bonchev–Trinajstić information content (AvgIpc) is 3.14. The lowest BCUT2D eigenvalue weighted by molar-refractivity contribution is -0.155. The van der Waals surface area contributed by atoms with Gasteiger partial charge >= 0.3 is 0 Å². The van der Waals surface area contributed by atoms with Crippen LogP contribution in [0.15, 0.2) is 0 Å². The van der Waals surface area contributed by atoms with Gasteiger partial charge in [-0.1, -0.05) is 6.92 Å². The Hall–Kier alpha value is -0.240. The van der Waals surface area contributed by atoms with Gasteiger partial charge in [0.25, 0.3) is 0 Å². The zero-order chi connectivity index (χ0) is 14.7. The van der Waals surface area contributed by atoms with E-state index < -0.39 is 0 Å². The van der Waals surface area contributed by atoms with Crippen molar-refractivity contribution in [2.24, 2.45) is 28.1 Å². The maximum atomic E-state index is 13.0. The van der Waals surface area contributed by atoms with E-state index in [1.54, 1.807) is 0 Å². The highest BCUT2D eigenvalue weighted by molar-refractivity contribution is 6.17. The van der Waals surface area contributed by atoms with Gasteiger partial charge in [0.2, 0.25) is 5.91 Å². The number of hydrogen-bond acceptors (Lipinski definition) is 1. The average molecular weight is 310 g/mol. The van der Waals surface area contributed by atoms with Crippen LogP contribution in [-0.2, 0) is 4.79 Å². The lowest BCUT2D eigenvalue weighted by Crippen LogP contribution is -2.57. The second-order valence-corrected chi connectivity index (χ2v) is 9.55. The van der Waals surface area contributed by atoms with Gasteiger partial charge in [-0.15, -0.1) is 11.6 Å². The molecule has 3 heteroatoms. The molecule has 2 unspecified atom stereocenters. The Kier molecular flexibility index (Phi) is 3.17. The summed E-state index contributed by atoms with van der Waals surface area (Å²) >= 11 is 5.90. The molecule has 0 radical (unpaired) electrons. The molecule has 21 heavy (non-hydrogen) atoms. The van der Waals surface area contributed by atoms with Gasteiger partial charge in [-0.3, -0.25) is 4.79 Å². The lowest BCUT2D eigenvalue weighted by Gasteiger charge is -2.60. The molecule has 5 aliphatic carbocycles. The topological polar surface area (TPSA) is 29.1 Å². The van der Waals surface area contributed by atoms with Crippen LogP contribution in [0.25, 0.3) is 0 Å². The summed E-state index contributed by atoms with van der Waals surface area (Å²) in [6.45, 7) is 3.30. The van der Waals surface area contributed by atoms with Crippen molar-refractivity contribution in [3.05, 3.63) is 0 Å². The zero-order valence-corrected chi connectivity index (χ0v) is 14.0. The summed E-state index contributed by atoms with van der Waals surface area (Å²) in [5.41, 5.74) is 0.786. The van der Waals surface area contributed by atoms with Gasteiger partial charge in [0.1, 0.15) is 0 Å². The van der Waals surface area contributed by atoms with E-state index in [4.69, 9.17) is 11.6 Å². The quantitative estimate of drug-likeness (QED) is 0.761. The highest BCUT2D eigenvalue weighted by Gasteiger charge is 2.59. The van der Waals surface area contributed by atoms with Crippen LogP contribution >= 0.6 is 11.6 Å². The Morgan fingerprint density at radius 2 is 1.86 bits per heavy atom. The minimum absolute atomic E-state index is 0.0180. The first-order chi connectivity index (χ1) is 9.97. The van der Waals surface area contributed by atoms with Crippen LogP contribution in [0.3, 0.4) is 0 Å².